The summed E-state index contributed by atoms with van der Waals surface area (Å²) in [4.78, 5) is 0. The summed E-state index contributed by atoms with van der Waals surface area (Å²) in [6.07, 6.45) is 7.15. The molecular weight excluding hydrogens is 202 g/mol. The minimum absolute atomic E-state index is 0.770. The highest BCUT2D eigenvalue weighted by molar-refractivity contribution is 5.44. The highest BCUT2D eigenvalue weighted by Gasteiger charge is 1.94. The smallest absolute Gasteiger partial charge is 0.0606 e. The van der Waals surface area contributed by atoms with E-state index in [9.17, 15) is 0 Å². The van der Waals surface area contributed by atoms with Gasteiger partial charge >= 0.3 is 0 Å². The van der Waals surface area contributed by atoms with E-state index in [1.54, 1.807) is 7.11 Å². The van der Waals surface area contributed by atoms with Gasteiger partial charge in [0.1, 0.15) is 0 Å². The molecule has 1 heterocycles. The first kappa shape index (κ1) is 12.9. The lowest BCUT2D eigenvalue weighted by Gasteiger charge is -2.01. The number of nitrogens with zero attached hydrogens (tertiary/aromatic N) is 2. The molecule has 0 spiro atoms. The van der Waals surface area contributed by atoms with E-state index in [1.807, 2.05) is 16.9 Å². The zero-order valence-electron chi connectivity index (χ0n) is 10.1. The second kappa shape index (κ2) is 8.07. The Bertz CT molecular complexity index is 307. The summed E-state index contributed by atoms with van der Waals surface area (Å²) in [5.74, 6) is 0. The van der Waals surface area contributed by atoms with Gasteiger partial charge < -0.3 is 10.1 Å². The van der Waals surface area contributed by atoms with Gasteiger partial charge in [-0.05, 0) is 32.0 Å². The first-order valence-corrected chi connectivity index (χ1v) is 5.76. The average molecular weight is 223 g/mol. The van der Waals surface area contributed by atoms with Crippen LogP contribution < -0.4 is 5.32 Å². The molecule has 90 valence electrons. The molecule has 16 heavy (non-hydrogen) atoms. The lowest BCUT2D eigenvalue weighted by atomic mass is 10.3. The molecule has 0 aromatic carbocycles. The fourth-order valence-electron chi connectivity index (χ4n) is 1.44. The monoisotopic (exact) mass is 223 g/mol. The number of ether oxygens (including phenoxy) is 1. The number of methoxy groups -OCH3 is 1. The number of hydrogen-bond donors (Lipinski definition) is 1. The summed E-state index contributed by atoms with van der Waals surface area (Å²) in [7, 11) is 1.72. The molecule has 0 aliphatic heterocycles. The third kappa shape index (κ3) is 4.59. The molecule has 1 N–H and O–H groups in total. The predicted octanol–water partition coefficient (Wildman–Crippen LogP) is 1.54. The van der Waals surface area contributed by atoms with Crippen molar-refractivity contribution in [1.29, 1.82) is 0 Å². The SMILES string of the molecule is CCn1nccc1C=CCCNCCOC. The van der Waals surface area contributed by atoms with Crippen molar-refractivity contribution in [2.45, 2.75) is 19.9 Å². The molecule has 1 aromatic rings. The van der Waals surface area contributed by atoms with E-state index in [2.05, 4.69) is 29.5 Å². The summed E-state index contributed by atoms with van der Waals surface area (Å²) in [5.41, 5.74) is 1.17. The molecule has 0 bridgehead atoms. The number of aryl methyl sites for hydroxylation is 1. The molecule has 0 aliphatic carbocycles. The minimum atomic E-state index is 0.770. The Balaban J connectivity index is 2.17. The van der Waals surface area contributed by atoms with E-state index in [0.29, 0.717) is 0 Å². The van der Waals surface area contributed by atoms with Crippen molar-refractivity contribution < 1.29 is 4.74 Å². The molecule has 0 saturated heterocycles. The third-order valence-electron chi connectivity index (χ3n) is 2.31. The van der Waals surface area contributed by atoms with E-state index in [4.69, 9.17) is 4.74 Å². The van der Waals surface area contributed by atoms with Gasteiger partial charge in [-0.2, -0.15) is 5.10 Å². The second-order valence-corrected chi connectivity index (χ2v) is 3.51. The fourth-order valence-corrected chi connectivity index (χ4v) is 1.44. The highest BCUT2D eigenvalue weighted by Crippen LogP contribution is 2.01. The Hall–Kier alpha value is -1.13. The standard InChI is InChI=1S/C12H21N3O/c1-3-15-12(7-9-14-15)6-4-5-8-13-10-11-16-2/h4,6-7,9,13H,3,5,8,10-11H2,1-2H3. The van der Waals surface area contributed by atoms with Gasteiger partial charge in [-0.25, -0.2) is 0 Å². The van der Waals surface area contributed by atoms with Gasteiger partial charge in [0.2, 0.25) is 0 Å². The van der Waals surface area contributed by atoms with Crippen LogP contribution in [-0.2, 0) is 11.3 Å². The maximum absolute atomic E-state index is 4.95. The van der Waals surface area contributed by atoms with Crippen LogP contribution in [0.1, 0.15) is 19.0 Å². The fraction of sp³-hybridized carbons (Fsp3) is 0.583. The maximum atomic E-state index is 4.95. The van der Waals surface area contributed by atoms with Crippen molar-refractivity contribution in [3.05, 3.63) is 24.0 Å². The first-order valence-electron chi connectivity index (χ1n) is 5.76. The van der Waals surface area contributed by atoms with E-state index < -0.39 is 0 Å². The number of nitrogens with one attached hydrogen (secondary N) is 1. The van der Waals surface area contributed by atoms with Crippen molar-refractivity contribution in [2.75, 3.05) is 26.8 Å². The van der Waals surface area contributed by atoms with Gasteiger partial charge in [-0.1, -0.05) is 6.08 Å². The molecule has 4 heteroatoms. The van der Waals surface area contributed by atoms with Gasteiger partial charge in [0, 0.05) is 26.4 Å². The van der Waals surface area contributed by atoms with Crippen LogP contribution in [-0.4, -0.2) is 36.6 Å². The van der Waals surface area contributed by atoms with Gasteiger partial charge in [0.05, 0.1) is 12.3 Å². The molecule has 1 rings (SSSR count). The molecule has 0 saturated carbocycles. The molecule has 4 nitrogen and oxygen atoms in total. The summed E-state index contributed by atoms with van der Waals surface area (Å²) in [5, 5.41) is 7.50. The second-order valence-electron chi connectivity index (χ2n) is 3.51. The molecule has 0 amide bonds. The Morgan fingerprint density at radius 1 is 1.50 bits per heavy atom. The van der Waals surface area contributed by atoms with Crippen LogP contribution in [0.25, 0.3) is 6.08 Å². The van der Waals surface area contributed by atoms with Crippen LogP contribution in [0.2, 0.25) is 0 Å². The van der Waals surface area contributed by atoms with E-state index in [1.165, 1.54) is 5.69 Å². The quantitative estimate of drug-likeness (QED) is 0.679. The van der Waals surface area contributed by atoms with E-state index in [-0.39, 0.29) is 0 Å². The zero-order valence-corrected chi connectivity index (χ0v) is 10.1. The maximum Gasteiger partial charge on any atom is 0.0606 e. The summed E-state index contributed by atoms with van der Waals surface area (Å²) < 4.78 is 6.93. The number of aromatic nitrogens is 2. The van der Waals surface area contributed by atoms with Crippen LogP contribution in [0.4, 0.5) is 0 Å². The topological polar surface area (TPSA) is 39.1 Å². The number of rotatable bonds is 8. The zero-order chi connectivity index (χ0) is 11.6. The summed E-state index contributed by atoms with van der Waals surface area (Å²) in [6.45, 7) is 5.68. The molecule has 0 aliphatic rings. The molecule has 0 atom stereocenters. The van der Waals surface area contributed by atoms with E-state index >= 15 is 0 Å². The largest absolute Gasteiger partial charge is 0.383 e. The highest BCUT2D eigenvalue weighted by atomic mass is 16.5. The molecule has 0 unspecified atom stereocenters. The van der Waals surface area contributed by atoms with Crippen molar-refractivity contribution in [3.8, 4) is 0 Å². The van der Waals surface area contributed by atoms with Gasteiger partial charge in [-0.15, -0.1) is 0 Å². The van der Waals surface area contributed by atoms with Crippen LogP contribution in [0.15, 0.2) is 18.3 Å². The normalized spacial score (nSPS) is 11.4. The average Bonchev–Trinajstić information content (AvgIpc) is 2.75. The van der Waals surface area contributed by atoms with Crippen molar-refractivity contribution >= 4 is 6.08 Å². The third-order valence-corrected chi connectivity index (χ3v) is 2.31. The lowest BCUT2D eigenvalue weighted by molar-refractivity contribution is 0.199. The van der Waals surface area contributed by atoms with Crippen molar-refractivity contribution in [2.24, 2.45) is 0 Å². The predicted molar refractivity (Wildman–Crippen MR) is 66.3 cm³/mol. The van der Waals surface area contributed by atoms with Crippen molar-refractivity contribution in [1.82, 2.24) is 15.1 Å². The minimum Gasteiger partial charge on any atom is -0.383 e. The van der Waals surface area contributed by atoms with Gasteiger partial charge in [0.25, 0.3) is 0 Å². The Morgan fingerprint density at radius 3 is 3.12 bits per heavy atom. The van der Waals surface area contributed by atoms with Crippen LogP contribution in [0, 0.1) is 0 Å². The van der Waals surface area contributed by atoms with Crippen LogP contribution >= 0.6 is 0 Å². The Labute approximate surface area is 97.3 Å². The molecular formula is C12H21N3O. The summed E-state index contributed by atoms with van der Waals surface area (Å²) in [6, 6.07) is 2.03. The lowest BCUT2D eigenvalue weighted by Crippen LogP contribution is -2.19. The van der Waals surface area contributed by atoms with Crippen LogP contribution in [0.5, 0.6) is 0 Å². The molecule has 1 aromatic heterocycles. The van der Waals surface area contributed by atoms with Crippen molar-refractivity contribution in [3.63, 3.8) is 0 Å². The number of hydrogen-bond acceptors (Lipinski definition) is 3. The van der Waals surface area contributed by atoms with Crippen LogP contribution in [0.3, 0.4) is 0 Å². The summed E-state index contributed by atoms with van der Waals surface area (Å²) >= 11 is 0. The Kier molecular flexibility index (Phi) is 6.53. The van der Waals surface area contributed by atoms with Gasteiger partial charge in [-0.3, -0.25) is 4.68 Å². The Morgan fingerprint density at radius 2 is 2.38 bits per heavy atom. The first-order chi connectivity index (χ1) is 7.88. The molecule has 0 fully saturated rings. The van der Waals surface area contributed by atoms with E-state index in [0.717, 1.165) is 32.7 Å². The molecule has 0 radical (unpaired) electrons. The van der Waals surface area contributed by atoms with Gasteiger partial charge in [0.15, 0.2) is 0 Å².